The number of hydrogen-bond donors (Lipinski definition) is 1. The Morgan fingerprint density at radius 1 is 1.39 bits per heavy atom. The number of likely N-dealkylation sites (N-methyl/N-ethyl adjacent to an activating group) is 1. The lowest BCUT2D eigenvalue weighted by molar-refractivity contribution is -0.147. The molecule has 1 aromatic rings. The molecule has 0 spiro atoms. The minimum absolute atomic E-state index is 0.175. The molecule has 0 unspecified atom stereocenters. The monoisotopic (exact) mass is 251 g/mol. The molecule has 0 bridgehead atoms. The maximum absolute atomic E-state index is 12.1. The van der Waals surface area contributed by atoms with Crippen molar-refractivity contribution >= 4 is 11.7 Å². The molecule has 18 heavy (non-hydrogen) atoms. The molecule has 2 N–H and O–H groups in total. The first-order valence-electron chi connectivity index (χ1n) is 6.21. The third-order valence-electron chi connectivity index (χ3n) is 3.63. The largest absolute Gasteiger partial charge is 0.382 e. The van der Waals surface area contributed by atoms with Crippen LogP contribution in [0.5, 0.6) is 0 Å². The molecule has 2 heterocycles. The number of nitrogens with two attached hydrogens (primary N) is 1. The summed E-state index contributed by atoms with van der Waals surface area (Å²) < 4.78 is 1.81. The molecule has 0 saturated carbocycles. The van der Waals surface area contributed by atoms with E-state index in [0.717, 1.165) is 26.2 Å². The summed E-state index contributed by atoms with van der Waals surface area (Å²) in [5.41, 5.74) is 5.14. The molecule has 1 fully saturated rings. The van der Waals surface area contributed by atoms with Crippen LogP contribution in [0.15, 0.2) is 12.3 Å². The molecule has 2 rings (SSSR count). The Balaban J connectivity index is 1.99. The number of rotatable bonds is 3. The Morgan fingerprint density at radius 3 is 2.72 bits per heavy atom. The topological polar surface area (TPSA) is 67.4 Å². The van der Waals surface area contributed by atoms with E-state index in [1.54, 1.807) is 11.0 Å². The van der Waals surface area contributed by atoms with Crippen molar-refractivity contribution in [1.82, 2.24) is 19.6 Å². The molecule has 1 aromatic heterocycles. The number of nitrogen functional groups attached to an aromatic ring is 1. The lowest BCUT2D eigenvalue weighted by Crippen LogP contribution is -2.62. The van der Waals surface area contributed by atoms with Gasteiger partial charge in [0.25, 0.3) is 0 Å². The summed E-state index contributed by atoms with van der Waals surface area (Å²) in [6.07, 6.45) is 1.86. The number of carbonyl (C=O) groups is 1. The van der Waals surface area contributed by atoms with Gasteiger partial charge in [-0.05, 0) is 19.9 Å². The van der Waals surface area contributed by atoms with Crippen molar-refractivity contribution in [2.75, 3.05) is 32.4 Å². The van der Waals surface area contributed by atoms with Gasteiger partial charge in [-0.3, -0.25) is 14.4 Å². The second-order valence-electron chi connectivity index (χ2n) is 5.28. The molecular weight excluding hydrogens is 230 g/mol. The van der Waals surface area contributed by atoms with Crippen LogP contribution in [0, 0.1) is 0 Å². The SMILES string of the molecule is CN1CCN(CCn2ccc(N)n2)C(C)(C)C1=O. The van der Waals surface area contributed by atoms with E-state index in [2.05, 4.69) is 10.00 Å². The van der Waals surface area contributed by atoms with Gasteiger partial charge in [0.1, 0.15) is 5.82 Å². The highest BCUT2D eigenvalue weighted by molar-refractivity contribution is 5.86. The van der Waals surface area contributed by atoms with E-state index in [4.69, 9.17) is 5.73 Å². The maximum atomic E-state index is 12.1. The summed E-state index contributed by atoms with van der Waals surface area (Å²) in [6.45, 7) is 7.17. The van der Waals surface area contributed by atoms with Gasteiger partial charge < -0.3 is 10.6 Å². The highest BCUT2D eigenvalue weighted by atomic mass is 16.2. The van der Waals surface area contributed by atoms with E-state index < -0.39 is 5.54 Å². The second-order valence-corrected chi connectivity index (χ2v) is 5.28. The number of hydrogen-bond acceptors (Lipinski definition) is 4. The number of anilines is 1. The van der Waals surface area contributed by atoms with Crippen LogP contribution in [0.3, 0.4) is 0 Å². The minimum Gasteiger partial charge on any atom is -0.382 e. The first kappa shape index (κ1) is 12.9. The average Bonchev–Trinajstić information content (AvgIpc) is 2.71. The molecule has 6 heteroatoms. The fourth-order valence-corrected chi connectivity index (χ4v) is 2.37. The number of piperazine rings is 1. The smallest absolute Gasteiger partial charge is 0.242 e. The zero-order valence-electron chi connectivity index (χ0n) is 11.3. The van der Waals surface area contributed by atoms with Crippen LogP contribution < -0.4 is 5.73 Å². The Morgan fingerprint density at radius 2 is 2.11 bits per heavy atom. The Bertz CT molecular complexity index is 439. The standard InChI is InChI=1S/C12H21N5O/c1-12(2)11(18)15(3)6-7-16(12)8-9-17-5-4-10(13)14-17/h4-5H,6-9H2,1-3H3,(H2,13,14). The molecule has 1 aliphatic rings. The summed E-state index contributed by atoms with van der Waals surface area (Å²) in [5, 5.41) is 4.15. The van der Waals surface area contributed by atoms with Gasteiger partial charge in [-0.1, -0.05) is 0 Å². The van der Waals surface area contributed by atoms with Gasteiger partial charge in [0.05, 0.1) is 12.1 Å². The van der Waals surface area contributed by atoms with Crippen molar-refractivity contribution < 1.29 is 4.79 Å². The van der Waals surface area contributed by atoms with Gasteiger partial charge in [-0.2, -0.15) is 5.10 Å². The third kappa shape index (κ3) is 2.33. The first-order valence-corrected chi connectivity index (χ1v) is 6.21. The van der Waals surface area contributed by atoms with Crippen molar-refractivity contribution in [2.24, 2.45) is 0 Å². The number of aromatic nitrogens is 2. The molecule has 1 aliphatic heterocycles. The van der Waals surface area contributed by atoms with E-state index in [1.165, 1.54) is 0 Å². The van der Waals surface area contributed by atoms with E-state index in [1.807, 2.05) is 31.8 Å². The maximum Gasteiger partial charge on any atom is 0.242 e. The number of carbonyl (C=O) groups excluding carboxylic acids is 1. The molecule has 0 aromatic carbocycles. The van der Waals surface area contributed by atoms with Gasteiger partial charge in [0.15, 0.2) is 0 Å². The predicted octanol–water partition coefficient (Wildman–Crippen LogP) is 0.0179. The van der Waals surface area contributed by atoms with Crippen LogP contribution in [0.1, 0.15) is 13.8 Å². The lowest BCUT2D eigenvalue weighted by Gasteiger charge is -2.44. The van der Waals surface area contributed by atoms with Crippen molar-refractivity contribution in [2.45, 2.75) is 25.9 Å². The molecular formula is C12H21N5O. The summed E-state index contributed by atoms with van der Waals surface area (Å²) in [5.74, 6) is 0.706. The Kier molecular flexibility index (Phi) is 3.30. The van der Waals surface area contributed by atoms with Gasteiger partial charge in [0, 0.05) is 32.9 Å². The molecule has 0 atom stereocenters. The van der Waals surface area contributed by atoms with Crippen molar-refractivity contribution in [3.63, 3.8) is 0 Å². The zero-order chi connectivity index (χ0) is 13.3. The zero-order valence-corrected chi connectivity index (χ0v) is 11.3. The highest BCUT2D eigenvalue weighted by Gasteiger charge is 2.39. The van der Waals surface area contributed by atoms with Gasteiger partial charge in [-0.25, -0.2) is 0 Å². The van der Waals surface area contributed by atoms with E-state index in [-0.39, 0.29) is 5.91 Å². The highest BCUT2D eigenvalue weighted by Crippen LogP contribution is 2.21. The van der Waals surface area contributed by atoms with Gasteiger partial charge >= 0.3 is 0 Å². The Hall–Kier alpha value is -1.56. The molecule has 0 aliphatic carbocycles. The third-order valence-corrected chi connectivity index (χ3v) is 3.63. The lowest BCUT2D eigenvalue weighted by atomic mass is 9.98. The predicted molar refractivity (Wildman–Crippen MR) is 69.9 cm³/mol. The molecule has 6 nitrogen and oxygen atoms in total. The molecule has 1 saturated heterocycles. The van der Waals surface area contributed by atoms with Crippen molar-refractivity contribution in [3.05, 3.63) is 12.3 Å². The summed E-state index contributed by atoms with van der Waals surface area (Å²) >= 11 is 0. The van der Waals surface area contributed by atoms with Crippen LogP contribution in [0.4, 0.5) is 5.82 Å². The fraction of sp³-hybridized carbons (Fsp3) is 0.667. The molecule has 100 valence electrons. The second kappa shape index (κ2) is 4.61. The number of nitrogens with zero attached hydrogens (tertiary/aromatic N) is 4. The van der Waals surface area contributed by atoms with E-state index in [0.29, 0.717) is 5.82 Å². The van der Waals surface area contributed by atoms with E-state index >= 15 is 0 Å². The average molecular weight is 251 g/mol. The quantitative estimate of drug-likeness (QED) is 0.822. The normalized spacial score (nSPS) is 20.4. The minimum atomic E-state index is -0.439. The summed E-state index contributed by atoms with van der Waals surface area (Å²) in [4.78, 5) is 16.1. The van der Waals surface area contributed by atoms with Crippen LogP contribution in [-0.2, 0) is 11.3 Å². The van der Waals surface area contributed by atoms with E-state index in [9.17, 15) is 4.79 Å². The van der Waals surface area contributed by atoms with Gasteiger partial charge in [0.2, 0.25) is 5.91 Å². The molecule has 1 amide bonds. The van der Waals surface area contributed by atoms with Crippen molar-refractivity contribution in [3.8, 4) is 0 Å². The molecule has 0 radical (unpaired) electrons. The van der Waals surface area contributed by atoms with Crippen LogP contribution in [0.2, 0.25) is 0 Å². The fourth-order valence-electron chi connectivity index (χ4n) is 2.37. The van der Waals surface area contributed by atoms with Crippen LogP contribution in [0.25, 0.3) is 0 Å². The summed E-state index contributed by atoms with van der Waals surface area (Å²) in [7, 11) is 1.86. The van der Waals surface area contributed by atoms with Crippen molar-refractivity contribution in [1.29, 1.82) is 0 Å². The number of amides is 1. The summed E-state index contributed by atoms with van der Waals surface area (Å²) in [6, 6.07) is 1.78. The Labute approximate surface area is 107 Å². The van der Waals surface area contributed by atoms with Gasteiger partial charge in [-0.15, -0.1) is 0 Å². The van der Waals surface area contributed by atoms with Crippen LogP contribution >= 0.6 is 0 Å². The first-order chi connectivity index (χ1) is 8.41. The van der Waals surface area contributed by atoms with Crippen LogP contribution in [-0.4, -0.2) is 57.7 Å².